The predicted molar refractivity (Wildman–Crippen MR) is 120 cm³/mol. The molecule has 2 heterocycles. The molecule has 9 heteroatoms. The molecule has 0 saturated carbocycles. The average Bonchev–Trinajstić information content (AvgIpc) is 3.24. The first kappa shape index (κ1) is 22.1. The van der Waals surface area contributed by atoms with Crippen LogP contribution in [0.15, 0.2) is 55.0 Å². The summed E-state index contributed by atoms with van der Waals surface area (Å²) in [6.45, 7) is 1.87. The normalized spacial score (nSPS) is 11.0. The highest BCUT2D eigenvalue weighted by atomic mass is 35.5. The highest BCUT2D eigenvalue weighted by molar-refractivity contribution is 6.42. The van der Waals surface area contributed by atoms with E-state index in [1.165, 1.54) is 0 Å². The zero-order valence-electron chi connectivity index (χ0n) is 16.9. The Labute approximate surface area is 186 Å². The highest BCUT2D eigenvalue weighted by Crippen LogP contribution is 2.24. The predicted octanol–water partition coefficient (Wildman–Crippen LogP) is 4.56. The molecule has 0 radical (unpaired) electrons. The number of pyridine rings is 1. The number of nitrogens with zero attached hydrogens (tertiary/aromatic N) is 5. The molecule has 3 rings (SSSR count). The number of carbonyl (C=O) groups excluding carboxylic acids is 1. The number of amides is 2. The lowest BCUT2D eigenvalue weighted by atomic mass is 10.2. The van der Waals surface area contributed by atoms with Crippen molar-refractivity contribution in [2.24, 2.45) is 0 Å². The van der Waals surface area contributed by atoms with Crippen molar-refractivity contribution in [1.82, 2.24) is 24.6 Å². The topological polar surface area (TPSA) is 66.3 Å². The molecule has 0 aliphatic rings. The van der Waals surface area contributed by atoms with Gasteiger partial charge in [-0.05, 0) is 63.0 Å². The van der Waals surface area contributed by atoms with Crippen molar-refractivity contribution in [2.75, 3.05) is 32.5 Å². The third kappa shape index (κ3) is 5.95. The lowest BCUT2D eigenvalue weighted by Crippen LogP contribution is -2.36. The van der Waals surface area contributed by atoms with Gasteiger partial charge in [0.15, 0.2) is 5.82 Å². The fourth-order valence-corrected chi connectivity index (χ4v) is 3.27. The first-order valence-corrected chi connectivity index (χ1v) is 10.3. The Kier molecular flexibility index (Phi) is 7.68. The van der Waals surface area contributed by atoms with Crippen LogP contribution in [0.2, 0.25) is 10.0 Å². The van der Waals surface area contributed by atoms with Crippen LogP contribution in [-0.2, 0) is 6.54 Å². The molecule has 0 unspecified atom stereocenters. The second-order valence-corrected chi connectivity index (χ2v) is 7.90. The van der Waals surface area contributed by atoms with Crippen LogP contribution in [0.4, 0.5) is 10.5 Å². The summed E-state index contributed by atoms with van der Waals surface area (Å²) in [6.07, 6.45) is 5.94. The monoisotopic (exact) mass is 446 g/mol. The molecule has 2 amide bonds. The number of benzene rings is 1. The maximum Gasteiger partial charge on any atom is 0.322 e. The molecule has 2 aromatic heterocycles. The molecule has 0 aliphatic carbocycles. The fourth-order valence-electron chi connectivity index (χ4n) is 2.95. The van der Waals surface area contributed by atoms with E-state index in [9.17, 15) is 4.79 Å². The minimum atomic E-state index is -0.221. The lowest BCUT2D eigenvalue weighted by Gasteiger charge is -2.24. The van der Waals surface area contributed by atoms with E-state index in [1.54, 1.807) is 58.5 Å². The summed E-state index contributed by atoms with van der Waals surface area (Å²) in [5, 5.41) is 8.14. The maximum atomic E-state index is 13.2. The molecule has 0 spiro atoms. The number of carbonyl (C=O) groups is 1. The summed E-state index contributed by atoms with van der Waals surface area (Å²) in [4.78, 5) is 21.3. The van der Waals surface area contributed by atoms with Crippen LogP contribution in [0.25, 0.3) is 5.82 Å². The summed E-state index contributed by atoms with van der Waals surface area (Å²) in [5.41, 5.74) is 1.49. The van der Waals surface area contributed by atoms with E-state index >= 15 is 0 Å². The van der Waals surface area contributed by atoms with E-state index in [2.05, 4.69) is 20.3 Å². The van der Waals surface area contributed by atoms with Crippen molar-refractivity contribution < 1.29 is 4.79 Å². The number of hydrogen-bond donors (Lipinski definition) is 1. The van der Waals surface area contributed by atoms with Crippen molar-refractivity contribution in [3.63, 3.8) is 0 Å². The van der Waals surface area contributed by atoms with E-state index in [4.69, 9.17) is 23.2 Å². The van der Waals surface area contributed by atoms with Crippen molar-refractivity contribution >= 4 is 34.9 Å². The van der Waals surface area contributed by atoms with Crippen LogP contribution in [0.3, 0.4) is 0 Å². The minimum absolute atomic E-state index is 0.221. The van der Waals surface area contributed by atoms with Gasteiger partial charge in [0.1, 0.15) is 0 Å². The van der Waals surface area contributed by atoms with Gasteiger partial charge in [0.05, 0.1) is 15.7 Å². The molecule has 0 fully saturated rings. The molecular weight excluding hydrogens is 423 g/mol. The third-order valence-electron chi connectivity index (χ3n) is 4.43. The van der Waals surface area contributed by atoms with E-state index in [0.29, 0.717) is 34.6 Å². The molecule has 158 valence electrons. The molecule has 0 aliphatic heterocycles. The van der Waals surface area contributed by atoms with Crippen LogP contribution >= 0.6 is 23.2 Å². The summed E-state index contributed by atoms with van der Waals surface area (Å²) in [5.74, 6) is 0.554. The minimum Gasteiger partial charge on any atom is -0.320 e. The number of nitrogens with one attached hydrogen (secondary N) is 1. The van der Waals surface area contributed by atoms with Gasteiger partial charge in [-0.3, -0.25) is 0 Å². The van der Waals surface area contributed by atoms with Gasteiger partial charge in [0.2, 0.25) is 0 Å². The van der Waals surface area contributed by atoms with Gasteiger partial charge in [-0.25, -0.2) is 14.5 Å². The van der Waals surface area contributed by atoms with Gasteiger partial charge >= 0.3 is 6.03 Å². The van der Waals surface area contributed by atoms with Gasteiger partial charge in [-0.2, -0.15) is 5.10 Å². The van der Waals surface area contributed by atoms with Gasteiger partial charge in [0, 0.05) is 31.7 Å². The van der Waals surface area contributed by atoms with E-state index in [1.807, 2.05) is 20.2 Å². The zero-order chi connectivity index (χ0) is 21.5. The molecule has 0 atom stereocenters. The Bertz CT molecular complexity index is 977. The molecule has 7 nitrogen and oxygen atoms in total. The molecule has 3 aromatic rings. The van der Waals surface area contributed by atoms with Gasteiger partial charge in [-0.15, -0.1) is 0 Å². The second-order valence-electron chi connectivity index (χ2n) is 7.08. The summed E-state index contributed by atoms with van der Waals surface area (Å²) >= 11 is 12.2. The Morgan fingerprint density at radius 2 is 1.93 bits per heavy atom. The standard InChI is InChI=1S/C21H24Cl2N6O/c1-27(2)11-5-12-28(15-16-7-8-17(22)18(23)14-16)21(30)26-19-6-3-9-24-20(19)29-13-4-10-25-29/h3-4,6-10,13-14H,5,11-12,15H2,1-2H3,(H,26,30). The molecule has 0 bridgehead atoms. The van der Waals surface area contributed by atoms with Crippen molar-refractivity contribution in [1.29, 1.82) is 0 Å². The first-order valence-electron chi connectivity index (χ1n) is 9.53. The van der Waals surface area contributed by atoms with Crippen molar-refractivity contribution in [3.05, 3.63) is 70.6 Å². The number of aromatic nitrogens is 3. The Hall–Kier alpha value is -2.61. The lowest BCUT2D eigenvalue weighted by molar-refractivity contribution is 0.205. The Morgan fingerprint density at radius 1 is 1.10 bits per heavy atom. The average molecular weight is 447 g/mol. The Morgan fingerprint density at radius 3 is 2.63 bits per heavy atom. The number of halogens is 2. The van der Waals surface area contributed by atoms with Crippen LogP contribution in [0.5, 0.6) is 0 Å². The first-order chi connectivity index (χ1) is 14.4. The molecule has 1 N–H and O–H groups in total. The number of rotatable bonds is 8. The molecule has 0 saturated heterocycles. The quantitative estimate of drug-likeness (QED) is 0.550. The van der Waals surface area contributed by atoms with Gasteiger partial charge in [0.25, 0.3) is 0 Å². The Balaban J connectivity index is 1.78. The molecule has 30 heavy (non-hydrogen) atoms. The van der Waals surface area contributed by atoms with Crippen LogP contribution < -0.4 is 5.32 Å². The SMILES string of the molecule is CN(C)CCCN(Cc1ccc(Cl)c(Cl)c1)C(=O)Nc1cccnc1-n1cccn1. The molecule has 1 aromatic carbocycles. The van der Waals surface area contributed by atoms with E-state index in [0.717, 1.165) is 18.5 Å². The summed E-state index contributed by atoms with van der Waals surface area (Å²) < 4.78 is 1.62. The van der Waals surface area contributed by atoms with Crippen LogP contribution in [-0.4, -0.2) is 57.8 Å². The van der Waals surface area contributed by atoms with Crippen molar-refractivity contribution in [3.8, 4) is 5.82 Å². The van der Waals surface area contributed by atoms with Gasteiger partial charge < -0.3 is 15.1 Å². The highest BCUT2D eigenvalue weighted by Gasteiger charge is 2.17. The van der Waals surface area contributed by atoms with Crippen LogP contribution in [0.1, 0.15) is 12.0 Å². The summed E-state index contributed by atoms with van der Waals surface area (Å²) in [6, 6.07) is 10.6. The number of urea groups is 1. The smallest absolute Gasteiger partial charge is 0.320 e. The second kappa shape index (κ2) is 10.4. The maximum absolute atomic E-state index is 13.2. The third-order valence-corrected chi connectivity index (χ3v) is 5.17. The van der Waals surface area contributed by atoms with Crippen LogP contribution in [0, 0.1) is 0 Å². The fraction of sp³-hybridized carbons (Fsp3) is 0.286. The van der Waals surface area contributed by atoms with Crippen molar-refractivity contribution in [2.45, 2.75) is 13.0 Å². The summed E-state index contributed by atoms with van der Waals surface area (Å²) in [7, 11) is 4.02. The number of hydrogen-bond acceptors (Lipinski definition) is 4. The van der Waals surface area contributed by atoms with E-state index in [-0.39, 0.29) is 6.03 Å². The van der Waals surface area contributed by atoms with E-state index < -0.39 is 0 Å². The number of anilines is 1. The molecular formula is C21H24Cl2N6O. The zero-order valence-corrected chi connectivity index (χ0v) is 18.4. The van der Waals surface area contributed by atoms with Gasteiger partial charge in [-0.1, -0.05) is 29.3 Å². The largest absolute Gasteiger partial charge is 0.322 e.